The van der Waals surface area contributed by atoms with Gasteiger partial charge in [0, 0.05) is 19.8 Å². The van der Waals surface area contributed by atoms with Gasteiger partial charge in [0.05, 0.1) is 17.5 Å². The highest BCUT2D eigenvalue weighted by Crippen LogP contribution is 2.31. The van der Waals surface area contributed by atoms with Crippen LogP contribution in [0.5, 0.6) is 0 Å². The zero-order chi connectivity index (χ0) is 16.4. The summed E-state index contributed by atoms with van der Waals surface area (Å²) in [4.78, 5) is 24.3. The number of nitrogens with one attached hydrogen (secondary N) is 2. The number of ether oxygens (including phenoxy) is 1. The summed E-state index contributed by atoms with van der Waals surface area (Å²) in [6.07, 6.45) is 1.47. The quantitative estimate of drug-likeness (QED) is 0.868. The monoisotopic (exact) mass is 355 g/mol. The molecule has 1 saturated heterocycles. The van der Waals surface area contributed by atoms with Crippen molar-refractivity contribution in [3.63, 3.8) is 0 Å². The van der Waals surface area contributed by atoms with Gasteiger partial charge in [-0.25, -0.2) is 4.79 Å². The van der Waals surface area contributed by atoms with Crippen molar-refractivity contribution >= 4 is 35.1 Å². The Balaban J connectivity index is 0.00000208. The Labute approximate surface area is 145 Å². The van der Waals surface area contributed by atoms with Crippen LogP contribution in [0.3, 0.4) is 0 Å². The Morgan fingerprint density at radius 3 is 2.79 bits per heavy atom. The Kier molecular flexibility index (Phi) is 5.69. The highest BCUT2D eigenvalue weighted by atomic mass is 35.5. The second kappa shape index (κ2) is 7.38. The van der Waals surface area contributed by atoms with Crippen LogP contribution in [0.25, 0.3) is 11.1 Å². The van der Waals surface area contributed by atoms with Crippen molar-refractivity contribution in [1.29, 1.82) is 0 Å². The molecule has 8 heteroatoms. The van der Waals surface area contributed by atoms with E-state index in [1.54, 1.807) is 32.4 Å². The largest absolute Gasteiger partial charge is 0.419 e. The van der Waals surface area contributed by atoms with Gasteiger partial charge in [-0.2, -0.15) is 0 Å². The fraction of sp³-hybridized carbons (Fsp3) is 0.500. The fourth-order valence-electron chi connectivity index (χ4n) is 3.09. The van der Waals surface area contributed by atoms with E-state index in [1.807, 2.05) is 0 Å². The number of carbonyl (C=O) groups is 1. The summed E-state index contributed by atoms with van der Waals surface area (Å²) in [7, 11) is 3.25. The average molecular weight is 356 g/mol. The lowest BCUT2D eigenvalue weighted by Gasteiger charge is -2.35. The van der Waals surface area contributed by atoms with Gasteiger partial charge in [0.2, 0.25) is 5.91 Å². The summed E-state index contributed by atoms with van der Waals surface area (Å²) >= 11 is 0. The third kappa shape index (κ3) is 3.33. The number of carbonyl (C=O) groups excluding carboxylic acids is 1. The number of anilines is 1. The van der Waals surface area contributed by atoms with E-state index < -0.39 is 11.2 Å². The number of aryl methyl sites for hydroxylation is 1. The highest BCUT2D eigenvalue weighted by molar-refractivity contribution is 5.97. The molecule has 1 aliphatic rings. The molecular formula is C16H22ClN3O4. The zero-order valence-corrected chi connectivity index (χ0v) is 14.6. The molecule has 0 aliphatic carbocycles. The predicted octanol–water partition coefficient (Wildman–Crippen LogP) is 1.51. The number of aromatic nitrogens is 1. The van der Waals surface area contributed by atoms with E-state index in [1.165, 1.54) is 4.57 Å². The fourth-order valence-corrected chi connectivity index (χ4v) is 3.09. The number of halogens is 1. The summed E-state index contributed by atoms with van der Waals surface area (Å²) in [5.74, 6) is -0.466. The number of hydrogen-bond acceptors (Lipinski definition) is 5. The summed E-state index contributed by atoms with van der Waals surface area (Å²) in [5.41, 5.74) is 1.29. The number of methoxy groups -OCH3 is 1. The summed E-state index contributed by atoms with van der Waals surface area (Å²) in [6.45, 7) is 1.99. The molecule has 0 spiro atoms. The molecule has 0 saturated carbocycles. The average Bonchev–Trinajstić information content (AvgIpc) is 2.83. The molecule has 1 aromatic heterocycles. The third-order valence-electron chi connectivity index (χ3n) is 4.51. The van der Waals surface area contributed by atoms with Crippen molar-refractivity contribution in [3.8, 4) is 0 Å². The topological polar surface area (TPSA) is 85.5 Å². The maximum atomic E-state index is 12.8. The molecule has 1 fully saturated rings. The number of amides is 1. The molecular weight excluding hydrogens is 334 g/mol. The van der Waals surface area contributed by atoms with Crippen LogP contribution in [0.4, 0.5) is 5.69 Å². The van der Waals surface area contributed by atoms with Crippen molar-refractivity contribution in [1.82, 2.24) is 9.88 Å². The first kappa shape index (κ1) is 18.5. The maximum absolute atomic E-state index is 12.8. The molecule has 0 bridgehead atoms. The number of hydrogen-bond donors (Lipinski definition) is 2. The second-order valence-corrected chi connectivity index (χ2v) is 6.03. The Morgan fingerprint density at radius 1 is 1.42 bits per heavy atom. The number of benzene rings is 1. The van der Waals surface area contributed by atoms with Crippen molar-refractivity contribution in [2.45, 2.75) is 12.8 Å². The third-order valence-corrected chi connectivity index (χ3v) is 4.51. The van der Waals surface area contributed by atoms with Crippen molar-refractivity contribution in [3.05, 3.63) is 28.7 Å². The van der Waals surface area contributed by atoms with E-state index in [0.717, 1.165) is 25.9 Å². The Bertz CT molecular complexity index is 772. The SMILES string of the molecule is COCC1(C(=O)Nc2ccc3oc(=O)n(C)c3c2)CCNCC1.Cl. The lowest BCUT2D eigenvalue weighted by molar-refractivity contribution is -0.130. The summed E-state index contributed by atoms with van der Waals surface area (Å²) < 4.78 is 11.8. The van der Waals surface area contributed by atoms with Crippen molar-refractivity contribution < 1.29 is 13.9 Å². The smallest absolute Gasteiger partial charge is 0.408 e. The van der Waals surface area contributed by atoms with Gasteiger partial charge in [0.15, 0.2) is 5.58 Å². The Morgan fingerprint density at radius 2 is 2.12 bits per heavy atom. The standard InChI is InChI=1S/C16H21N3O4.ClH/c1-19-12-9-11(3-4-13(12)23-15(19)21)18-14(20)16(10-22-2)5-7-17-8-6-16;/h3-4,9,17H,5-8,10H2,1-2H3,(H,18,20);1H. The molecule has 2 heterocycles. The van der Waals surface area contributed by atoms with E-state index in [2.05, 4.69) is 10.6 Å². The van der Waals surface area contributed by atoms with E-state index >= 15 is 0 Å². The van der Waals surface area contributed by atoms with Crippen LogP contribution in [0.15, 0.2) is 27.4 Å². The number of rotatable bonds is 4. The van der Waals surface area contributed by atoms with Gasteiger partial charge in [-0.05, 0) is 44.1 Å². The van der Waals surface area contributed by atoms with Gasteiger partial charge in [-0.15, -0.1) is 12.4 Å². The first-order valence-electron chi connectivity index (χ1n) is 7.66. The van der Waals surface area contributed by atoms with Crippen LogP contribution in [0.2, 0.25) is 0 Å². The zero-order valence-electron chi connectivity index (χ0n) is 13.8. The van der Waals surface area contributed by atoms with Gasteiger partial charge in [-0.3, -0.25) is 9.36 Å². The molecule has 0 radical (unpaired) electrons. The van der Waals surface area contributed by atoms with Crippen molar-refractivity contribution in [2.75, 3.05) is 32.1 Å². The first-order chi connectivity index (χ1) is 11.1. The minimum Gasteiger partial charge on any atom is -0.408 e. The number of nitrogens with zero attached hydrogens (tertiary/aromatic N) is 1. The van der Waals surface area contributed by atoms with Crippen LogP contribution >= 0.6 is 12.4 Å². The molecule has 3 rings (SSSR count). The van der Waals surface area contributed by atoms with E-state index in [4.69, 9.17) is 9.15 Å². The van der Waals surface area contributed by atoms with Gasteiger partial charge >= 0.3 is 5.76 Å². The molecule has 7 nitrogen and oxygen atoms in total. The maximum Gasteiger partial charge on any atom is 0.419 e. The van der Waals surface area contributed by atoms with E-state index in [9.17, 15) is 9.59 Å². The summed E-state index contributed by atoms with van der Waals surface area (Å²) in [6, 6.07) is 5.18. The Hall–Kier alpha value is -1.83. The lowest BCUT2D eigenvalue weighted by Crippen LogP contribution is -2.47. The molecule has 2 aromatic rings. The van der Waals surface area contributed by atoms with E-state index in [0.29, 0.717) is 23.4 Å². The second-order valence-electron chi connectivity index (χ2n) is 6.03. The summed E-state index contributed by atoms with van der Waals surface area (Å²) in [5, 5.41) is 6.23. The highest BCUT2D eigenvalue weighted by Gasteiger charge is 2.39. The molecule has 2 N–H and O–H groups in total. The van der Waals surface area contributed by atoms with E-state index in [-0.39, 0.29) is 18.3 Å². The lowest BCUT2D eigenvalue weighted by atomic mass is 9.78. The minimum atomic E-state index is -0.517. The number of oxazole rings is 1. The first-order valence-corrected chi connectivity index (χ1v) is 7.66. The molecule has 0 unspecified atom stereocenters. The van der Waals surface area contributed by atoms with Gasteiger partial charge in [-0.1, -0.05) is 0 Å². The molecule has 132 valence electrons. The van der Waals surface area contributed by atoms with Crippen LogP contribution in [-0.2, 0) is 16.6 Å². The normalized spacial score (nSPS) is 16.6. The van der Waals surface area contributed by atoms with Gasteiger partial charge < -0.3 is 19.8 Å². The van der Waals surface area contributed by atoms with Gasteiger partial charge in [0.1, 0.15) is 0 Å². The number of fused-ring (bicyclic) bond motifs is 1. The molecule has 0 atom stereocenters. The van der Waals surface area contributed by atoms with Gasteiger partial charge in [0.25, 0.3) is 0 Å². The minimum absolute atomic E-state index is 0. The molecule has 24 heavy (non-hydrogen) atoms. The van der Waals surface area contributed by atoms with Crippen LogP contribution in [0.1, 0.15) is 12.8 Å². The van der Waals surface area contributed by atoms with Crippen LogP contribution in [-0.4, -0.2) is 37.3 Å². The predicted molar refractivity (Wildman–Crippen MR) is 93.7 cm³/mol. The number of piperidine rings is 1. The van der Waals surface area contributed by atoms with Crippen molar-refractivity contribution in [2.24, 2.45) is 12.5 Å². The van der Waals surface area contributed by atoms with Crippen LogP contribution < -0.4 is 16.4 Å². The molecule has 1 aromatic carbocycles. The molecule has 1 amide bonds. The molecule has 1 aliphatic heterocycles. The van der Waals surface area contributed by atoms with Crippen LogP contribution in [0, 0.1) is 5.41 Å².